The van der Waals surface area contributed by atoms with Gasteiger partial charge in [-0.1, -0.05) is 28.1 Å². The van der Waals surface area contributed by atoms with Gasteiger partial charge in [-0.3, -0.25) is 14.5 Å². The minimum atomic E-state index is -0.296. The normalized spacial score (nSPS) is 15.0. The first-order chi connectivity index (χ1) is 14.0. The van der Waals surface area contributed by atoms with Crippen molar-refractivity contribution >= 4 is 67.9 Å². The van der Waals surface area contributed by atoms with Crippen LogP contribution in [0.3, 0.4) is 0 Å². The smallest absolute Gasteiger partial charge is 0.293 e. The van der Waals surface area contributed by atoms with Crippen LogP contribution in [0.2, 0.25) is 0 Å². The summed E-state index contributed by atoms with van der Waals surface area (Å²) in [5, 5.41) is 6.17. The zero-order valence-corrected chi connectivity index (χ0v) is 18.7. The summed E-state index contributed by atoms with van der Waals surface area (Å²) in [5.74, 6) is 0.459. The topological polar surface area (TPSA) is 70.7 Å². The maximum atomic E-state index is 12.5. The molecule has 150 valence electrons. The first-order valence-corrected chi connectivity index (χ1v) is 10.7. The minimum Gasteiger partial charge on any atom is -0.497 e. The average molecular weight is 492 g/mol. The largest absolute Gasteiger partial charge is 0.497 e. The molecule has 0 aromatic heterocycles. The number of methoxy groups -OCH3 is 1. The molecule has 2 N–H and O–H groups in total. The summed E-state index contributed by atoms with van der Waals surface area (Å²) in [5.41, 5.74) is 1.67. The van der Waals surface area contributed by atoms with Gasteiger partial charge in [0.15, 0.2) is 5.11 Å². The average Bonchev–Trinajstić information content (AvgIpc) is 2.96. The third-order valence-corrected chi connectivity index (χ3v) is 5.64. The lowest BCUT2D eigenvalue weighted by Gasteiger charge is -2.15. The minimum absolute atomic E-state index is 0.227. The maximum absolute atomic E-state index is 12.5. The Morgan fingerprint density at radius 2 is 2.00 bits per heavy atom. The van der Waals surface area contributed by atoms with E-state index in [-0.39, 0.29) is 17.7 Å². The third kappa shape index (κ3) is 5.81. The van der Waals surface area contributed by atoms with E-state index >= 15 is 0 Å². The predicted molar refractivity (Wildman–Crippen MR) is 124 cm³/mol. The van der Waals surface area contributed by atoms with E-state index in [1.54, 1.807) is 13.2 Å². The molecule has 0 aliphatic carbocycles. The van der Waals surface area contributed by atoms with Crippen LogP contribution in [0, 0.1) is 0 Å². The van der Waals surface area contributed by atoms with Crippen molar-refractivity contribution in [3.8, 4) is 5.75 Å². The SMILES string of the molecule is COc1ccc(NC(=S)NCCN2C(=O)SC(=Cc3cccc(Br)c3)C2=O)cc1. The molecule has 1 aliphatic rings. The van der Waals surface area contributed by atoms with Crippen LogP contribution in [0.5, 0.6) is 5.75 Å². The summed E-state index contributed by atoms with van der Waals surface area (Å²) in [6.07, 6.45) is 1.72. The molecule has 1 heterocycles. The number of carbonyl (C=O) groups excluding carboxylic acids is 2. The zero-order chi connectivity index (χ0) is 20.8. The molecule has 0 radical (unpaired) electrons. The van der Waals surface area contributed by atoms with Gasteiger partial charge in [-0.2, -0.15) is 0 Å². The number of thioether (sulfide) groups is 1. The van der Waals surface area contributed by atoms with E-state index in [9.17, 15) is 9.59 Å². The molecule has 3 rings (SSSR count). The Bertz CT molecular complexity index is 964. The van der Waals surface area contributed by atoms with Gasteiger partial charge in [0.1, 0.15) is 5.75 Å². The fourth-order valence-corrected chi connectivity index (χ4v) is 4.07. The van der Waals surface area contributed by atoms with Crippen LogP contribution in [0.1, 0.15) is 5.56 Å². The van der Waals surface area contributed by atoms with E-state index in [0.717, 1.165) is 33.2 Å². The number of imide groups is 1. The number of nitrogens with zero attached hydrogens (tertiary/aromatic N) is 1. The van der Waals surface area contributed by atoms with Gasteiger partial charge >= 0.3 is 0 Å². The summed E-state index contributed by atoms with van der Waals surface area (Å²) < 4.78 is 6.02. The van der Waals surface area contributed by atoms with Gasteiger partial charge < -0.3 is 15.4 Å². The number of anilines is 1. The highest BCUT2D eigenvalue weighted by atomic mass is 79.9. The van der Waals surface area contributed by atoms with Crippen LogP contribution in [-0.4, -0.2) is 41.4 Å². The summed E-state index contributed by atoms with van der Waals surface area (Å²) in [4.78, 5) is 26.4. The molecule has 6 nitrogen and oxygen atoms in total. The molecule has 0 atom stereocenters. The molecule has 1 aliphatic heterocycles. The molecule has 0 bridgehead atoms. The number of rotatable bonds is 6. The van der Waals surface area contributed by atoms with E-state index in [1.807, 2.05) is 48.5 Å². The van der Waals surface area contributed by atoms with Gasteiger partial charge in [-0.25, -0.2) is 0 Å². The van der Waals surface area contributed by atoms with Crippen molar-refractivity contribution in [1.29, 1.82) is 0 Å². The molecule has 0 spiro atoms. The molecule has 2 aromatic carbocycles. The molecule has 1 fully saturated rings. The van der Waals surface area contributed by atoms with Crippen LogP contribution in [-0.2, 0) is 4.79 Å². The Morgan fingerprint density at radius 3 is 2.69 bits per heavy atom. The Labute approximate surface area is 186 Å². The van der Waals surface area contributed by atoms with Gasteiger partial charge in [0.2, 0.25) is 0 Å². The van der Waals surface area contributed by atoms with Gasteiger partial charge in [0, 0.05) is 23.2 Å². The Kier molecular flexibility index (Phi) is 7.29. The summed E-state index contributed by atoms with van der Waals surface area (Å²) in [7, 11) is 1.60. The highest BCUT2D eigenvalue weighted by Gasteiger charge is 2.34. The lowest BCUT2D eigenvalue weighted by atomic mass is 10.2. The van der Waals surface area contributed by atoms with E-state index in [0.29, 0.717) is 16.6 Å². The number of nitrogens with one attached hydrogen (secondary N) is 2. The molecule has 0 unspecified atom stereocenters. The fraction of sp³-hybridized carbons (Fsp3) is 0.150. The van der Waals surface area contributed by atoms with Crippen molar-refractivity contribution in [1.82, 2.24) is 10.2 Å². The highest BCUT2D eigenvalue weighted by molar-refractivity contribution is 9.10. The van der Waals surface area contributed by atoms with Crippen LogP contribution in [0.15, 0.2) is 57.9 Å². The molecule has 29 heavy (non-hydrogen) atoms. The standard InChI is InChI=1S/C20H18BrN3O3S2/c1-27-16-7-5-15(6-8-16)23-19(28)22-9-10-24-18(25)17(29-20(24)26)12-13-3-2-4-14(21)11-13/h2-8,11-12H,9-10H2,1H3,(H2,22,23,28). The molecule has 2 aromatic rings. The number of carbonyl (C=O) groups is 2. The van der Waals surface area contributed by atoms with Crippen LogP contribution < -0.4 is 15.4 Å². The predicted octanol–water partition coefficient (Wildman–Crippen LogP) is 4.48. The van der Waals surface area contributed by atoms with E-state index < -0.39 is 0 Å². The lowest BCUT2D eigenvalue weighted by molar-refractivity contribution is -0.122. The van der Waals surface area contributed by atoms with Gasteiger partial charge in [0.25, 0.3) is 11.1 Å². The zero-order valence-electron chi connectivity index (χ0n) is 15.5. The number of ether oxygens (including phenoxy) is 1. The summed E-state index contributed by atoms with van der Waals surface area (Å²) in [6.45, 7) is 0.578. The van der Waals surface area contributed by atoms with Gasteiger partial charge in [0.05, 0.1) is 12.0 Å². The van der Waals surface area contributed by atoms with Crippen molar-refractivity contribution in [3.05, 3.63) is 63.5 Å². The van der Waals surface area contributed by atoms with Crippen molar-refractivity contribution in [2.45, 2.75) is 0 Å². The van der Waals surface area contributed by atoms with Crippen molar-refractivity contribution in [2.24, 2.45) is 0 Å². The molecular weight excluding hydrogens is 474 g/mol. The number of amides is 2. The van der Waals surface area contributed by atoms with E-state index in [2.05, 4.69) is 26.6 Å². The second-order valence-electron chi connectivity index (χ2n) is 6.00. The van der Waals surface area contributed by atoms with Gasteiger partial charge in [-0.15, -0.1) is 0 Å². The maximum Gasteiger partial charge on any atom is 0.293 e. The molecule has 1 saturated heterocycles. The monoisotopic (exact) mass is 491 g/mol. The number of hydrogen-bond acceptors (Lipinski definition) is 5. The summed E-state index contributed by atoms with van der Waals surface area (Å²) in [6, 6.07) is 14.9. The third-order valence-electron chi connectivity index (χ3n) is 3.99. The van der Waals surface area contributed by atoms with Crippen LogP contribution in [0.4, 0.5) is 10.5 Å². The highest BCUT2D eigenvalue weighted by Crippen LogP contribution is 2.32. The van der Waals surface area contributed by atoms with E-state index in [4.69, 9.17) is 17.0 Å². The van der Waals surface area contributed by atoms with Crippen LogP contribution >= 0.6 is 39.9 Å². The van der Waals surface area contributed by atoms with Gasteiger partial charge in [-0.05, 0) is 72.0 Å². The van der Waals surface area contributed by atoms with E-state index in [1.165, 1.54) is 4.90 Å². The number of benzene rings is 2. The van der Waals surface area contributed by atoms with Crippen LogP contribution in [0.25, 0.3) is 6.08 Å². The number of hydrogen-bond donors (Lipinski definition) is 2. The quantitative estimate of drug-likeness (QED) is 0.455. The number of thiocarbonyl (C=S) groups is 1. The molecular formula is C20H18BrN3O3S2. The Balaban J connectivity index is 1.51. The Hall–Kier alpha value is -2.36. The van der Waals surface area contributed by atoms with Crippen molar-refractivity contribution < 1.29 is 14.3 Å². The summed E-state index contributed by atoms with van der Waals surface area (Å²) >= 11 is 9.60. The first kappa shape index (κ1) is 21.4. The molecule has 0 saturated carbocycles. The molecule has 9 heteroatoms. The first-order valence-electron chi connectivity index (χ1n) is 8.66. The van der Waals surface area contributed by atoms with Crippen molar-refractivity contribution in [3.63, 3.8) is 0 Å². The fourth-order valence-electron chi connectivity index (χ4n) is 2.57. The second kappa shape index (κ2) is 9.91. The second-order valence-corrected chi connectivity index (χ2v) is 8.31. The number of halogens is 1. The molecule has 2 amide bonds. The lowest BCUT2D eigenvalue weighted by Crippen LogP contribution is -2.38. The van der Waals surface area contributed by atoms with Crippen molar-refractivity contribution in [2.75, 3.05) is 25.5 Å². The Morgan fingerprint density at radius 1 is 1.24 bits per heavy atom.